The first-order valence-corrected chi connectivity index (χ1v) is 5.22. The van der Waals surface area contributed by atoms with Gasteiger partial charge in [-0.15, -0.1) is 0 Å². The molecule has 0 aromatic carbocycles. The normalized spacial score (nSPS) is 10.2. The molecular weight excluding hydrogens is 226 g/mol. The van der Waals surface area contributed by atoms with Crippen LogP contribution in [-0.2, 0) is 9.47 Å². The molecule has 0 radical (unpaired) electrons. The van der Waals surface area contributed by atoms with E-state index in [1.807, 2.05) is 0 Å². The van der Waals surface area contributed by atoms with Crippen LogP contribution in [0.3, 0.4) is 0 Å². The van der Waals surface area contributed by atoms with E-state index in [0.717, 1.165) is 0 Å². The second-order valence-electron chi connectivity index (χ2n) is 3.28. The van der Waals surface area contributed by atoms with Crippen LogP contribution in [0.2, 0.25) is 0 Å². The molecule has 1 N–H and O–H groups in total. The molecular formula is C10H17N3O4. The van der Waals surface area contributed by atoms with Crippen LogP contribution >= 0.6 is 0 Å². The summed E-state index contributed by atoms with van der Waals surface area (Å²) in [6.07, 6.45) is 1.46. The van der Waals surface area contributed by atoms with Gasteiger partial charge in [-0.2, -0.15) is 0 Å². The molecule has 0 aliphatic rings. The van der Waals surface area contributed by atoms with Crippen molar-refractivity contribution in [2.24, 2.45) is 0 Å². The molecule has 7 nitrogen and oxygen atoms in total. The molecule has 1 heterocycles. The maximum Gasteiger partial charge on any atom is 0.324 e. The Labute approximate surface area is 99.6 Å². The third-order valence-electron chi connectivity index (χ3n) is 2.09. The van der Waals surface area contributed by atoms with Crippen molar-refractivity contribution in [3.8, 4) is 0 Å². The maximum absolute atomic E-state index is 11.8. The van der Waals surface area contributed by atoms with Crippen molar-refractivity contribution in [1.82, 2.24) is 10.1 Å². The van der Waals surface area contributed by atoms with Gasteiger partial charge in [-0.25, -0.2) is 4.79 Å². The van der Waals surface area contributed by atoms with Crippen molar-refractivity contribution in [3.05, 3.63) is 12.3 Å². The lowest BCUT2D eigenvalue weighted by atomic mass is 10.5. The Morgan fingerprint density at radius 1 is 1.41 bits per heavy atom. The van der Waals surface area contributed by atoms with Gasteiger partial charge >= 0.3 is 6.03 Å². The zero-order valence-electron chi connectivity index (χ0n) is 10.0. The number of nitrogens with one attached hydrogen (secondary N) is 1. The number of nitrogens with zero attached hydrogens (tertiary/aromatic N) is 2. The quantitative estimate of drug-likeness (QED) is 0.766. The second kappa shape index (κ2) is 7.64. The van der Waals surface area contributed by atoms with Gasteiger partial charge in [-0.1, -0.05) is 5.16 Å². The molecule has 1 aromatic heterocycles. The topological polar surface area (TPSA) is 76.8 Å². The van der Waals surface area contributed by atoms with Crippen LogP contribution in [0.1, 0.15) is 0 Å². The van der Waals surface area contributed by atoms with Gasteiger partial charge in [0.25, 0.3) is 0 Å². The Hall–Kier alpha value is -1.60. The molecule has 0 saturated heterocycles. The SMILES string of the molecule is COCCN(CCOC)C(=O)Nc1ccno1. The van der Waals surface area contributed by atoms with E-state index in [2.05, 4.69) is 10.5 Å². The molecule has 0 bridgehead atoms. The summed E-state index contributed by atoms with van der Waals surface area (Å²) < 4.78 is 14.7. The highest BCUT2D eigenvalue weighted by molar-refractivity contribution is 5.87. The number of urea groups is 1. The Balaban J connectivity index is 2.46. The summed E-state index contributed by atoms with van der Waals surface area (Å²) >= 11 is 0. The van der Waals surface area contributed by atoms with Crippen molar-refractivity contribution >= 4 is 11.9 Å². The molecule has 0 saturated carbocycles. The van der Waals surface area contributed by atoms with Gasteiger partial charge in [0, 0.05) is 33.4 Å². The summed E-state index contributed by atoms with van der Waals surface area (Å²) in [6.45, 7) is 1.90. The number of hydrogen-bond acceptors (Lipinski definition) is 5. The first kappa shape index (κ1) is 13.5. The van der Waals surface area contributed by atoms with Gasteiger partial charge < -0.3 is 18.9 Å². The fraction of sp³-hybridized carbons (Fsp3) is 0.600. The zero-order chi connectivity index (χ0) is 12.5. The molecule has 0 fully saturated rings. The molecule has 7 heteroatoms. The average Bonchev–Trinajstić information content (AvgIpc) is 2.82. The Morgan fingerprint density at radius 3 is 2.53 bits per heavy atom. The number of carbonyl (C=O) groups is 1. The van der Waals surface area contributed by atoms with Gasteiger partial charge in [0.05, 0.1) is 19.4 Å². The Morgan fingerprint density at radius 2 is 2.06 bits per heavy atom. The third-order valence-corrected chi connectivity index (χ3v) is 2.09. The number of methoxy groups -OCH3 is 2. The minimum atomic E-state index is -0.268. The summed E-state index contributed by atoms with van der Waals surface area (Å²) in [6, 6.07) is 1.30. The molecule has 1 rings (SSSR count). The molecule has 0 unspecified atom stereocenters. The minimum absolute atomic E-state index is 0.268. The fourth-order valence-electron chi connectivity index (χ4n) is 1.18. The van der Waals surface area contributed by atoms with Crippen LogP contribution in [0.25, 0.3) is 0 Å². The first-order chi connectivity index (χ1) is 8.27. The molecule has 0 atom stereocenters. The maximum atomic E-state index is 11.8. The van der Waals surface area contributed by atoms with Gasteiger partial charge in [-0.05, 0) is 0 Å². The van der Waals surface area contributed by atoms with Crippen LogP contribution in [0, 0.1) is 0 Å². The monoisotopic (exact) mass is 243 g/mol. The van der Waals surface area contributed by atoms with E-state index in [0.29, 0.717) is 32.2 Å². The predicted molar refractivity (Wildman–Crippen MR) is 60.8 cm³/mol. The number of amides is 2. The average molecular weight is 243 g/mol. The standard InChI is InChI=1S/C10H17N3O4/c1-15-7-5-13(6-8-16-2)10(14)12-9-3-4-11-17-9/h3-4H,5-8H2,1-2H3,(H,12,14). The molecule has 0 aliphatic heterocycles. The van der Waals surface area contributed by atoms with Crippen LogP contribution in [0.5, 0.6) is 0 Å². The van der Waals surface area contributed by atoms with E-state index in [1.54, 1.807) is 25.2 Å². The largest absolute Gasteiger partial charge is 0.383 e. The van der Waals surface area contributed by atoms with E-state index in [1.165, 1.54) is 6.20 Å². The summed E-state index contributed by atoms with van der Waals surface area (Å²) in [5.74, 6) is 0.315. The Bertz CT molecular complexity index is 307. The van der Waals surface area contributed by atoms with Crippen molar-refractivity contribution < 1.29 is 18.8 Å². The van der Waals surface area contributed by atoms with Gasteiger partial charge in [0.2, 0.25) is 5.88 Å². The number of anilines is 1. The van der Waals surface area contributed by atoms with E-state index >= 15 is 0 Å². The first-order valence-electron chi connectivity index (χ1n) is 5.22. The van der Waals surface area contributed by atoms with Crippen molar-refractivity contribution in [3.63, 3.8) is 0 Å². The smallest absolute Gasteiger partial charge is 0.324 e. The lowest BCUT2D eigenvalue weighted by molar-refractivity contribution is 0.127. The van der Waals surface area contributed by atoms with E-state index < -0.39 is 0 Å². The van der Waals surface area contributed by atoms with Crippen LogP contribution in [-0.4, -0.2) is 56.6 Å². The fourth-order valence-corrected chi connectivity index (χ4v) is 1.18. The molecule has 2 amide bonds. The predicted octanol–water partition coefficient (Wildman–Crippen LogP) is 0.801. The van der Waals surface area contributed by atoms with E-state index in [-0.39, 0.29) is 6.03 Å². The summed E-state index contributed by atoms with van der Waals surface area (Å²) in [7, 11) is 3.17. The number of aromatic nitrogens is 1. The number of rotatable bonds is 7. The van der Waals surface area contributed by atoms with Crippen LogP contribution in [0.15, 0.2) is 16.8 Å². The summed E-state index contributed by atoms with van der Waals surface area (Å²) in [5.41, 5.74) is 0. The molecule has 17 heavy (non-hydrogen) atoms. The Kier molecular flexibility index (Phi) is 6.05. The zero-order valence-corrected chi connectivity index (χ0v) is 10.0. The molecule has 1 aromatic rings. The number of hydrogen-bond donors (Lipinski definition) is 1. The number of carbonyl (C=O) groups excluding carboxylic acids is 1. The van der Waals surface area contributed by atoms with Crippen LogP contribution < -0.4 is 5.32 Å². The number of ether oxygens (including phenoxy) is 2. The van der Waals surface area contributed by atoms with E-state index in [9.17, 15) is 4.79 Å². The third kappa shape index (κ3) is 4.83. The highest BCUT2D eigenvalue weighted by Crippen LogP contribution is 2.05. The molecule has 0 spiro atoms. The highest BCUT2D eigenvalue weighted by Gasteiger charge is 2.14. The lowest BCUT2D eigenvalue weighted by Crippen LogP contribution is -2.39. The second-order valence-corrected chi connectivity index (χ2v) is 3.28. The highest BCUT2D eigenvalue weighted by atomic mass is 16.5. The lowest BCUT2D eigenvalue weighted by Gasteiger charge is -2.21. The van der Waals surface area contributed by atoms with Gasteiger partial charge in [0.1, 0.15) is 0 Å². The van der Waals surface area contributed by atoms with Crippen molar-refractivity contribution in [1.29, 1.82) is 0 Å². The van der Waals surface area contributed by atoms with Crippen molar-refractivity contribution in [2.45, 2.75) is 0 Å². The summed E-state index contributed by atoms with van der Waals surface area (Å²) in [5, 5.41) is 6.09. The summed E-state index contributed by atoms with van der Waals surface area (Å²) in [4.78, 5) is 13.4. The van der Waals surface area contributed by atoms with Crippen LogP contribution in [0.4, 0.5) is 10.7 Å². The van der Waals surface area contributed by atoms with E-state index in [4.69, 9.17) is 14.0 Å². The molecule has 96 valence electrons. The molecule has 0 aliphatic carbocycles. The minimum Gasteiger partial charge on any atom is -0.383 e. The van der Waals surface area contributed by atoms with Crippen molar-refractivity contribution in [2.75, 3.05) is 45.8 Å². The van der Waals surface area contributed by atoms with Gasteiger partial charge in [0.15, 0.2) is 0 Å². The van der Waals surface area contributed by atoms with Gasteiger partial charge in [-0.3, -0.25) is 5.32 Å².